The molecule has 152 valence electrons. The molecule has 0 atom stereocenters. The van der Waals surface area contributed by atoms with Crippen LogP contribution in [0, 0.1) is 0 Å². The number of benzene rings is 2. The summed E-state index contributed by atoms with van der Waals surface area (Å²) >= 11 is 6.21. The van der Waals surface area contributed by atoms with E-state index in [4.69, 9.17) is 26.8 Å². The molecular formula is C20H20ClN3O5. The van der Waals surface area contributed by atoms with Gasteiger partial charge in [0.2, 0.25) is 5.91 Å². The summed E-state index contributed by atoms with van der Waals surface area (Å²) in [5.74, 6) is -0.782. The molecule has 2 aromatic rings. The van der Waals surface area contributed by atoms with E-state index in [0.29, 0.717) is 24.3 Å². The van der Waals surface area contributed by atoms with Gasteiger partial charge in [0.05, 0.1) is 23.5 Å². The van der Waals surface area contributed by atoms with E-state index in [0.717, 1.165) is 6.42 Å². The average Bonchev–Trinajstić information content (AvgIpc) is 3.12. The van der Waals surface area contributed by atoms with Crippen molar-refractivity contribution in [3.63, 3.8) is 0 Å². The summed E-state index contributed by atoms with van der Waals surface area (Å²) in [6.07, 6.45) is 1.27. The molecule has 1 aliphatic rings. The van der Waals surface area contributed by atoms with Gasteiger partial charge in [-0.3, -0.25) is 14.4 Å². The normalized spacial score (nSPS) is 13.3. The van der Waals surface area contributed by atoms with Crippen LogP contribution in [0.15, 0.2) is 36.4 Å². The first-order valence-corrected chi connectivity index (χ1v) is 9.28. The molecule has 1 fully saturated rings. The molecular weight excluding hydrogens is 398 g/mol. The van der Waals surface area contributed by atoms with Crippen molar-refractivity contribution in [2.45, 2.75) is 12.8 Å². The van der Waals surface area contributed by atoms with E-state index in [1.165, 1.54) is 19.2 Å². The smallest absolute Gasteiger partial charge is 0.255 e. The van der Waals surface area contributed by atoms with Gasteiger partial charge in [-0.1, -0.05) is 23.7 Å². The minimum atomic E-state index is -0.669. The lowest BCUT2D eigenvalue weighted by molar-refractivity contribution is -0.120. The van der Waals surface area contributed by atoms with E-state index in [2.05, 4.69) is 5.32 Å². The number of nitrogens with two attached hydrogens (primary N) is 1. The third-order valence-electron chi connectivity index (χ3n) is 4.37. The Kier molecular flexibility index (Phi) is 6.23. The predicted octanol–water partition coefficient (Wildman–Crippen LogP) is 2.59. The fourth-order valence-electron chi connectivity index (χ4n) is 3.05. The van der Waals surface area contributed by atoms with Crippen molar-refractivity contribution in [2.24, 2.45) is 5.73 Å². The average molecular weight is 418 g/mol. The Labute approximate surface area is 172 Å². The molecule has 0 radical (unpaired) electrons. The summed E-state index contributed by atoms with van der Waals surface area (Å²) < 4.78 is 10.5. The Morgan fingerprint density at radius 2 is 2.03 bits per heavy atom. The molecule has 3 N–H and O–H groups in total. The topological polar surface area (TPSA) is 111 Å². The molecule has 0 aliphatic carbocycles. The third kappa shape index (κ3) is 4.60. The molecule has 8 nitrogen and oxygen atoms in total. The molecule has 3 amide bonds. The molecule has 0 bridgehead atoms. The highest BCUT2D eigenvalue weighted by Crippen LogP contribution is 2.37. The molecule has 2 aromatic carbocycles. The highest BCUT2D eigenvalue weighted by Gasteiger charge is 2.24. The molecule has 1 saturated heterocycles. The van der Waals surface area contributed by atoms with Crippen molar-refractivity contribution in [3.8, 4) is 11.5 Å². The van der Waals surface area contributed by atoms with Crippen molar-refractivity contribution in [2.75, 3.05) is 30.5 Å². The largest absolute Gasteiger partial charge is 0.493 e. The van der Waals surface area contributed by atoms with Gasteiger partial charge in [0.1, 0.15) is 0 Å². The number of halogens is 1. The SMILES string of the molecule is COc1cc(C(=O)Nc2ccccc2N2CCCC2=O)cc(Cl)c1OCC(N)=O. The lowest BCUT2D eigenvalue weighted by Crippen LogP contribution is -2.25. The minimum Gasteiger partial charge on any atom is -0.493 e. The van der Waals surface area contributed by atoms with E-state index in [-0.39, 0.29) is 34.6 Å². The number of rotatable bonds is 7. The van der Waals surface area contributed by atoms with Gasteiger partial charge in [0, 0.05) is 18.5 Å². The van der Waals surface area contributed by atoms with Gasteiger partial charge < -0.3 is 25.4 Å². The maximum absolute atomic E-state index is 12.8. The number of hydrogen-bond donors (Lipinski definition) is 2. The lowest BCUT2D eigenvalue weighted by Gasteiger charge is -2.20. The Hall–Kier alpha value is -3.26. The summed E-state index contributed by atoms with van der Waals surface area (Å²) in [6.45, 7) is 0.232. The second-order valence-corrected chi connectivity index (χ2v) is 6.77. The molecule has 1 aliphatic heterocycles. The maximum Gasteiger partial charge on any atom is 0.255 e. The fourth-order valence-corrected chi connectivity index (χ4v) is 3.31. The van der Waals surface area contributed by atoms with Crippen molar-refractivity contribution in [1.82, 2.24) is 0 Å². The molecule has 0 unspecified atom stereocenters. The van der Waals surface area contributed by atoms with E-state index < -0.39 is 11.8 Å². The van der Waals surface area contributed by atoms with Crippen molar-refractivity contribution in [3.05, 3.63) is 47.0 Å². The number of hydrogen-bond acceptors (Lipinski definition) is 5. The first kappa shape index (κ1) is 20.5. The van der Waals surface area contributed by atoms with Gasteiger partial charge in [0.15, 0.2) is 18.1 Å². The number of amides is 3. The predicted molar refractivity (Wildman–Crippen MR) is 109 cm³/mol. The van der Waals surface area contributed by atoms with Gasteiger partial charge in [-0.15, -0.1) is 0 Å². The molecule has 1 heterocycles. The lowest BCUT2D eigenvalue weighted by atomic mass is 10.1. The summed E-state index contributed by atoms with van der Waals surface area (Å²) in [7, 11) is 1.39. The summed E-state index contributed by atoms with van der Waals surface area (Å²) in [5, 5.41) is 2.91. The maximum atomic E-state index is 12.8. The highest BCUT2D eigenvalue weighted by atomic mass is 35.5. The molecule has 0 aromatic heterocycles. The molecule has 0 saturated carbocycles. The highest BCUT2D eigenvalue weighted by molar-refractivity contribution is 6.33. The van der Waals surface area contributed by atoms with Crippen LogP contribution in [0.3, 0.4) is 0 Å². The molecule has 0 spiro atoms. The zero-order valence-corrected chi connectivity index (χ0v) is 16.5. The number of carbonyl (C=O) groups is 3. The van der Waals surface area contributed by atoms with Gasteiger partial charge in [-0.25, -0.2) is 0 Å². The summed E-state index contributed by atoms with van der Waals surface area (Å²) in [5.41, 5.74) is 6.46. The van der Waals surface area contributed by atoms with Gasteiger partial charge >= 0.3 is 0 Å². The Balaban J connectivity index is 1.86. The van der Waals surface area contributed by atoms with Crippen LogP contribution in [0.25, 0.3) is 0 Å². The molecule has 29 heavy (non-hydrogen) atoms. The first-order valence-electron chi connectivity index (χ1n) is 8.90. The van der Waals surface area contributed by atoms with E-state index in [1.54, 1.807) is 29.2 Å². The second-order valence-electron chi connectivity index (χ2n) is 6.36. The summed E-state index contributed by atoms with van der Waals surface area (Å²) in [6, 6.07) is 9.94. The zero-order chi connectivity index (χ0) is 21.0. The van der Waals surface area contributed by atoms with Crippen LogP contribution in [0.4, 0.5) is 11.4 Å². The van der Waals surface area contributed by atoms with Crippen molar-refractivity contribution in [1.29, 1.82) is 0 Å². The first-order chi connectivity index (χ1) is 13.9. The number of methoxy groups -OCH3 is 1. The number of nitrogens with zero attached hydrogens (tertiary/aromatic N) is 1. The van der Waals surface area contributed by atoms with Crippen molar-refractivity contribution < 1.29 is 23.9 Å². The molecule has 9 heteroatoms. The van der Waals surface area contributed by atoms with Crippen LogP contribution >= 0.6 is 11.6 Å². The van der Waals surface area contributed by atoms with E-state index in [9.17, 15) is 14.4 Å². The third-order valence-corrected chi connectivity index (χ3v) is 4.65. The van der Waals surface area contributed by atoms with Crippen molar-refractivity contribution >= 4 is 40.7 Å². The van der Waals surface area contributed by atoms with Crippen LogP contribution in [0.2, 0.25) is 5.02 Å². The number of ether oxygens (including phenoxy) is 2. The van der Waals surface area contributed by atoms with E-state index in [1.807, 2.05) is 0 Å². The number of primary amides is 1. The minimum absolute atomic E-state index is 0.0207. The van der Waals surface area contributed by atoms with Gasteiger partial charge in [-0.2, -0.15) is 0 Å². The van der Waals surface area contributed by atoms with Crippen LogP contribution in [-0.2, 0) is 9.59 Å². The molecule has 3 rings (SSSR count). The Bertz CT molecular complexity index is 963. The quantitative estimate of drug-likeness (QED) is 0.719. The van der Waals surface area contributed by atoms with E-state index >= 15 is 0 Å². The Morgan fingerprint density at radius 3 is 2.69 bits per heavy atom. The monoisotopic (exact) mass is 417 g/mol. The van der Waals surface area contributed by atoms with Gasteiger partial charge in [0.25, 0.3) is 11.8 Å². The summed E-state index contributed by atoms with van der Waals surface area (Å²) in [4.78, 5) is 37.5. The number of carbonyl (C=O) groups excluding carboxylic acids is 3. The Morgan fingerprint density at radius 1 is 1.28 bits per heavy atom. The fraction of sp³-hybridized carbons (Fsp3) is 0.250. The van der Waals surface area contributed by atoms with Gasteiger partial charge in [-0.05, 0) is 30.7 Å². The standard InChI is InChI=1S/C20H20ClN3O5/c1-28-16-10-12(9-13(21)19(16)29-11-17(22)25)20(27)23-14-5-2-3-6-15(14)24-8-4-7-18(24)26/h2-3,5-6,9-10H,4,7-8,11H2,1H3,(H2,22,25)(H,23,27). The number of para-hydroxylation sites is 2. The van der Waals surface area contributed by atoms with Crippen LogP contribution in [0.5, 0.6) is 11.5 Å². The van der Waals surface area contributed by atoms with Crippen LogP contribution in [0.1, 0.15) is 23.2 Å². The second kappa shape index (κ2) is 8.83. The zero-order valence-electron chi connectivity index (χ0n) is 15.7. The number of nitrogens with one attached hydrogen (secondary N) is 1. The van der Waals surface area contributed by atoms with Crippen LogP contribution < -0.4 is 25.4 Å². The van der Waals surface area contributed by atoms with Crippen LogP contribution in [-0.4, -0.2) is 38.0 Å². The number of anilines is 2.